The van der Waals surface area contributed by atoms with Crippen molar-refractivity contribution in [1.82, 2.24) is 4.98 Å². The number of hydrogen-bond donors (Lipinski definition) is 1. The Morgan fingerprint density at radius 3 is 2.76 bits per heavy atom. The van der Waals surface area contributed by atoms with Crippen LogP contribution in [0.3, 0.4) is 0 Å². The standard InChI is InChI=1S/C13H23N3S/c1-8-5-9(2)11(4)16(7-8)13-15-6-12(17-13)10(3)14/h6,8-11H,5,7,14H2,1-4H3. The van der Waals surface area contributed by atoms with Crippen LogP contribution in [0.4, 0.5) is 5.13 Å². The second kappa shape index (κ2) is 4.94. The summed E-state index contributed by atoms with van der Waals surface area (Å²) < 4.78 is 0. The molecule has 0 radical (unpaired) electrons. The van der Waals surface area contributed by atoms with E-state index < -0.39 is 0 Å². The van der Waals surface area contributed by atoms with Gasteiger partial charge in [-0.3, -0.25) is 0 Å². The van der Waals surface area contributed by atoms with E-state index in [9.17, 15) is 0 Å². The molecule has 1 fully saturated rings. The van der Waals surface area contributed by atoms with Crippen molar-refractivity contribution in [3.63, 3.8) is 0 Å². The van der Waals surface area contributed by atoms with E-state index in [0.29, 0.717) is 6.04 Å². The third-order valence-corrected chi connectivity index (χ3v) is 5.04. The molecular weight excluding hydrogens is 230 g/mol. The van der Waals surface area contributed by atoms with Crippen LogP contribution in [0, 0.1) is 11.8 Å². The van der Waals surface area contributed by atoms with Crippen molar-refractivity contribution in [1.29, 1.82) is 0 Å². The molecule has 1 aliphatic rings. The summed E-state index contributed by atoms with van der Waals surface area (Å²) in [5, 5.41) is 1.14. The number of aromatic nitrogens is 1. The lowest BCUT2D eigenvalue weighted by Crippen LogP contribution is -2.45. The molecule has 0 amide bonds. The van der Waals surface area contributed by atoms with Gasteiger partial charge in [-0.2, -0.15) is 0 Å². The maximum Gasteiger partial charge on any atom is 0.185 e. The van der Waals surface area contributed by atoms with Crippen molar-refractivity contribution in [2.75, 3.05) is 11.4 Å². The van der Waals surface area contributed by atoms with Gasteiger partial charge in [0.2, 0.25) is 0 Å². The molecule has 17 heavy (non-hydrogen) atoms. The smallest absolute Gasteiger partial charge is 0.185 e. The third kappa shape index (κ3) is 2.63. The summed E-state index contributed by atoms with van der Waals surface area (Å²) in [6.07, 6.45) is 3.25. The zero-order valence-electron chi connectivity index (χ0n) is 11.2. The Kier molecular flexibility index (Phi) is 3.73. The molecule has 1 saturated heterocycles. The minimum Gasteiger partial charge on any atom is -0.345 e. The van der Waals surface area contributed by atoms with Gasteiger partial charge in [-0.15, -0.1) is 11.3 Å². The molecule has 4 unspecified atom stereocenters. The molecule has 3 nitrogen and oxygen atoms in total. The molecule has 0 aromatic carbocycles. The van der Waals surface area contributed by atoms with E-state index in [1.807, 2.05) is 13.1 Å². The molecule has 2 rings (SSSR count). The highest BCUT2D eigenvalue weighted by atomic mass is 32.1. The zero-order chi connectivity index (χ0) is 12.6. The Hall–Kier alpha value is -0.610. The Morgan fingerprint density at radius 1 is 1.47 bits per heavy atom. The highest BCUT2D eigenvalue weighted by Crippen LogP contribution is 2.34. The lowest BCUT2D eigenvalue weighted by Gasteiger charge is -2.41. The number of rotatable bonds is 2. The summed E-state index contributed by atoms with van der Waals surface area (Å²) in [6, 6.07) is 0.675. The van der Waals surface area contributed by atoms with Crippen LogP contribution in [0.2, 0.25) is 0 Å². The second-order valence-corrected chi connectivity index (χ2v) is 6.59. The quantitative estimate of drug-likeness (QED) is 0.881. The summed E-state index contributed by atoms with van der Waals surface area (Å²) in [5.41, 5.74) is 5.90. The lowest BCUT2D eigenvalue weighted by atomic mass is 9.86. The van der Waals surface area contributed by atoms with Crippen molar-refractivity contribution < 1.29 is 0 Å². The predicted octanol–water partition coefficient (Wildman–Crippen LogP) is 3.03. The van der Waals surface area contributed by atoms with Crippen LogP contribution in [-0.4, -0.2) is 17.6 Å². The van der Waals surface area contributed by atoms with Crippen LogP contribution in [0.1, 0.15) is 45.0 Å². The average molecular weight is 253 g/mol. The van der Waals surface area contributed by atoms with Gasteiger partial charge in [0.1, 0.15) is 0 Å². The van der Waals surface area contributed by atoms with Gasteiger partial charge in [-0.1, -0.05) is 13.8 Å². The van der Waals surface area contributed by atoms with E-state index in [4.69, 9.17) is 5.73 Å². The van der Waals surface area contributed by atoms with Gasteiger partial charge >= 0.3 is 0 Å². The number of thiazole rings is 1. The first kappa shape index (κ1) is 12.8. The highest BCUT2D eigenvalue weighted by Gasteiger charge is 2.30. The fourth-order valence-electron chi connectivity index (χ4n) is 2.59. The van der Waals surface area contributed by atoms with Gasteiger partial charge in [0.15, 0.2) is 5.13 Å². The van der Waals surface area contributed by atoms with E-state index in [0.717, 1.165) is 23.5 Å². The largest absolute Gasteiger partial charge is 0.345 e. The summed E-state index contributed by atoms with van der Waals surface area (Å²) >= 11 is 1.75. The molecule has 4 heteroatoms. The number of hydrogen-bond acceptors (Lipinski definition) is 4. The number of anilines is 1. The van der Waals surface area contributed by atoms with E-state index in [1.165, 1.54) is 11.3 Å². The molecular formula is C13H23N3S. The molecule has 0 spiro atoms. The van der Waals surface area contributed by atoms with Crippen LogP contribution in [0.5, 0.6) is 0 Å². The van der Waals surface area contributed by atoms with Crippen LogP contribution in [0.25, 0.3) is 0 Å². The predicted molar refractivity (Wildman–Crippen MR) is 74.5 cm³/mol. The number of nitrogens with zero attached hydrogens (tertiary/aromatic N) is 2. The maximum atomic E-state index is 5.90. The average Bonchev–Trinajstić information content (AvgIpc) is 2.72. The van der Waals surface area contributed by atoms with Crippen molar-refractivity contribution in [2.45, 2.75) is 46.2 Å². The van der Waals surface area contributed by atoms with Crippen LogP contribution >= 0.6 is 11.3 Å². The molecule has 2 heterocycles. The molecule has 2 N–H and O–H groups in total. The van der Waals surface area contributed by atoms with Crippen molar-refractivity contribution in [3.05, 3.63) is 11.1 Å². The van der Waals surface area contributed by atoms with Gasteiger partial charge in [-0.05, 0) is 32.1 Å². The molecule has 96 valence electrons. The minimum absolute atomic E-state index is 0.0937. The topological polar surface area (TPSA) is 42.2 Å². The second-order valence-electron chi connectivity index (χ2n) is 5.55. The summed E-state index contributed by atoms with van der Waals surface area (Å²) in [4.78, 5) is 8.18. The zero-order valence-corrected chi connectivity index (χ0v) is 12.0. The molecule has 1 aliphatic heterocycles. The Balaban J connectivity index is 2.19. The van der Waals surface area contributed by atoms with Gasteiger partial charge in [0, 0.05) is 29.7 Å². The Bertz CT molecular complexity index is 374. The molecule has 1 aromatic rings. The van der Waals surface area contributed by atoms with Crippen LogP contribution in [0.15, 0.2) is 6.20 Å². The van der Waals surface area contributed by atoms with Crippen molar-refractivity contribution in [2.24, 2.45) is 17.6 Å². The fraction of sp³-hybridized carbons (Fsp3) is 0.769. The first-order chi connectivity index (χ1) is 7.99. The Labute approximate surface area is 108 Å². The van der Waals surface area contributed by atoms with Crippen molar-refractivity contribution in [3.8, 4) is 0 Å². The van der Waals surface area contributed by atoms with E-state index in [-0.39, 0.29) is 6.04 Å². The molecule has 1 aromatic heterocycles. The number of nitrogens with two attached hydrogens (primary N) is 1. The Morgan fingerprint density at radius 2 is 2.18 bits per heavy atom. The molecule has 0 bridgehead atoms. The molecule has 0 aliphatic carbocycles. The van der Waals surface area contributed by atoms with Crippen molar-refractivity contribution >= 4 is 16.5 Å². The summed E-state index contributed by atoms with van der Waals surface area (Å²) in [7, 11) is 0. The van der Waals surface area contributed by atoms with Gasteiger partial charge in [0.05, 0.1) is 0 Å². The van der Waals surface area contributed by atoms with Crippen LogP contribution < -0.4 is 10.6 Å². The first-order valence-electron chi connectivity index (χ1n) is 6.47. The lowest BCUT2D eigenvalue weighted by molar-refractivity contribution is 0.297. The van der Waals surface area contributed by atoms with E-state index in [2.05, 4.69) is 30.7 Å². The fourth-order valence-corrected chi connectivity index (χ4v) is 3.55. The molecule has 0 saturated carbocycles. The van der Waals surface area contributed by atoms with Crippen LogP contribution in [-0.2, 0) is 0 Å². The summed E-state index contributed by atoms with van der Waals surface area (Å²) in [5.74, 6) is 1.49. The number of piperidine rings is 1. The van der Waals surface area contributed by atoms with Gasteiger partial charge in [-0.25, -0.2) is 4.98 Å². The van der Waals surface area contributed by atoms with Gasteiger partial charge < -0.3 is 10.6 Å². The maximum absolute atomic E-state index is 5.90. The van der Waals surface area contributed by atoms with Gasteiger partial charge in [0.25, 0.3) is 0 Å². The molecule has 4 atom stereocenters. The normalized spacial score (nSPS) is 31.6. The highest BCUT2D eigenvalue weighted by molar-refractivity contribution is 7.15. The SMILES string of the molecule is CC1CC(C)C(C)N(c2ncc(C(C)N)s2)C1. The first-order valence-corrected chi connectivity index (χ1v) is 7.28. The minimum atomic E-state index is 0.0937. The third-order valence-electron chi connectivity index (χ3n) is 3.80. The summed E-state index contributed by atoms with van der Waals surface area (Å²) in [6.45, 7) is 10.1. The van der Waals surface area contributed by atoms with E-state index >= 15 is 0 Å². The monoisotopic (exact) mass is 253 g/mol. The van der Waals surface area contributed by atoms with E-state index in [1.54, 1.807) is 11.3 Å².